The molecule has 0 aliphatic carbocycles. The van der Waals surface area contributed by atoms with Crippen LogP contribution in [0.5, 0.6) is 0 Å². The SMILES string of the molecule is Cc1c(C(=O)N2CCCC3(CN(C)C(=O)O3)C2)nc2ccccn12. The van der Waals surface area contributed by atoms with Gasteiger partial charge in [-0.1, -0.05) is 6.07 Å². The Labute approximate surface area is 139 Å². The highest BCUT2D eigenvalue weighted by Gasteiger charge is 2.47. The van der Waals surface area contributed by atoms with E-state index >= 15 is 0 Å². The topological polar surface area (TPSA) is 67.2 Å². The molecule has 24 heavy (non-hydrogen) atoms. The number of aryl methyl sites for hydroxylation is 1. The molecule has 0 aromatic carbocycles. The monoisotopic (exact) mass is 328 g/mol. The molecule has 2 saturated heterocycles. The lowest BCUT2D eigenvalue weighted by Gasteiger charge is -2.38. The smallest absolute Gasteiger partial charge is 0.410 e. The third-order valence-electron chi connectivity index (χ3n) is 4.94. The molecular weight excluding hydrogens is 308 g/mol. The highest BCUT2D eigenvalue weighted by molar-refractivity contribution is 5.94. The van der Waals surface area contributed by atoms with Crippen molar-refractivity contribution >= 4 is 17.6 Å². The van der Waals surface area contributed by atoms with Crippen molar-refractivity contribution in [3.8, 4) is 0 Å². The molecule has 1 atom stereocenters. The van der Waals surface area contributed by atoms with Gasteiger partial charge >= 0.3 is 6.09 Å². The van der Waals surface area contributed by atoms with Crippen molar-refractivity contribution in [2.45, 2.75) is 25.4 Å². The minimum atomic E-state index is -0.577. The highest BCUT2D eigenvalue weighted by Crippen LogP contribution is 2.32. The second kappa shape index (κ2) is 5.22. The van der Waals surface area contributed by atoms with E-state index in [0.29, 0.717) is 25.3 Å². The number of pyridine rings is 1. The number of hydrogen-bond donors (Lipinski definition) is 0. The maximum Gasteiger partial charge on any atom is 0.410 e. The number of aromatic nitrogens is 2. The molecule has 2 aliphatic heterocycles. The summed E-state index contributed by atoms with van der Waals surface area (Å²) in [6.07, 6.45) is 3.20. The van der Waals surface area contributed by atoms with Crippen molar-refractivity contribution < 1.29 is 14.3 Å². The molecule has 126 valence electrons. The third-order valence-corrected chi connectivity index (χ3v) is 4.94. The molecule has 1 spiro atoms. The molecule has 0 N–H and O–H groups in total. The van der Waals surface area contributed by atoms with Crippen LogP contribution in [-0.2, 0) is 4.74 Å². The number of nitrogens with zero attached hydrogens (tertiary/aromatic N) is 4. The molecule has 2 amide bonds. The first-order valence-electron chi connectivity index (χ1n) is 8.16. The molecule has 0 saturated carbocycles. The number of carbonyl (C=O) groups is 2. The van der Waals surface area contributed by atoms with Crippen molar-refractivity contribution in [2.24, 2.45) is 0 Å². The zero-order valence-electron chi connectivity index (χ0n) is 13.9. The summed E-state index contributed by atoms with van der Waals surface area (Å²) in [4.78, 5) is 32.6. The van der Waals surface area contributed by atoms with Crippen LogP contribution in [0.15, 0.2) is 24.4 Å². The predicted octanol–water partition coefficient (Wildman–Crippen LogP) is 1.70. The van der Waals surface area contributed by atoms with Gasteiger partial charge < -0.3 is 18.9 Å². The lowest BCUT2D eigenvalue weighted by molar-refractivity contribution is -0.00542. The van der Waals surface area contributed by atoms with Crippen molar-refractivity contribution in [1.29, 1.82) is 0 Å². The first-order chi connectivity index (χ1) is 11.5. The Kier molecular flexibility index (Phi) is 3.26. The van der Waals surface area contributed by atoms with Gasteiger partial charge in [0.25, 0.3) is 5.91 Å². The first-order valence-corrected chi connectivity index (χ1v) is 8.16. The lowest BCUT2D eigenvalue weighted by Crippen LogP contribution is -2.52. The van der Waals surface area contributed by atoms with Gasteiger partial charge in [0.05, 0.1) is 18.8 Å². The summed E-state index contributed by atoms with van der Waals surface area (Å²) in [6, 6.07) is 5.70. The number of imidazole rings is 1. The van der Waals surface area contributed by atoms with Gasteiger partial charge in [0.1, 0.15) is 16.9 Å². The second-order valence-electron chi connectivity index (χ2n) is 6.71. The van der Waals surface area contributed by atoms with Crippen LogP contribution in [0.1, 0.15) is 29.0 Å². The minimum Gasteiger partial charge on any atom is -0.439 e. The van der Waals surface area contributed by atoms with Crippen LogP contribution in [0, 0.1) is 6.92 Å². The lowest BCUT2D eigenvalue weighted by atomic mass is 9.92. The first kappa shape index (κ1) is 15.0. The van der Waals surface area contributed by atoms with Gasteiger partial charge in [-0.2, -0.15) is 0 Å². The van der Waals surface area contributed by atoms with Crippen LogP contribution in [0.4, 0.5) is 4.79 Å². The number of rotatable bonds is 1. The van der Waals surface area contributed by atoms with Crippen LogP contribution >= 0.6 is 0 Å². The van der Waals surface area contributed by atoms with Gasteiger partial charge in [0.2, 0.25) is 0 Å². The third kappa shape index (κ3) is 2.23. The molecule has 4 heterocycles. The average molecular weight is 328 g/mol. The standard InChI is InChI=1S/C17H20N4O3/c1-12-14(18-13-6-3-4-9-21(12)13)15(22)20-8-5-7-17(11-20)10-19(2)16(23)24-17/h3-4,6,9H,5,7-8,10-11H2,1-2H3. The van der Waals surface area contributed by atoms with Crippen molar-refractivity contribution in [1.82, 2.24) is 19.2 Å². The largest absolute Gasteiger partial charge is 0.439 e. The molecule has 0 bridgehead atoms. The maximum absolute atomic E-state index is 13.0. The summed E-state index contributed by atoms with van der Waals surface area (Å²) in [5, 5.41) is 0. The zero-order chi connectivity index (χ0) is 16.9. The summed E-state index contributed by atoms with van der Waals surface area (Å²) in [5.74, 6) is -0.0964. The molecule has 2 fully saturated rings. The molecule has 2 aromatic rings. The normalized spacial score (nSPS) is 24.0. The number of likely N-dealkylation sites (N-methyl/N-ethyl adjacent to an activating group) is 1. The number of amides is 2. The quantitative estimate of drug-likeness (QED) is 0.799. The number of likely N-dealkylation sites (tertiary alicyclic amines) is 1. The molecule has 2 aromatic heterocycles. The Balaban J connectivity index is 1.62. The Morgan fingerprint density at radius 2 is 2.17 bits per heavy atom. The van der Waals surface area contributed by atoms with Crippen LogP contribution in [0.3, 0.4) is 0 Å². The van der Waals surface area contributed by atoms with Crippen LogP contribution in [0.25, 0.3) is 5.65 Å². The van der Waals surface area contributed by atoms with Crippen LogP contribution in [-0.4, -0.2) is 63.5 Å². The average Bonchev–Trinajstić information content (AvgIpc) is 3.04. The molecular formula is C17H20N4O3. The summed E-state index contributed by atoms with van der Waals surface area (Å²) < 4.78 is 7.49. The van der Waals surface area contributed by atoms with E-state index in [1.54, 1.807) is 16.8 Å². The fourth-order valence-corrected chi connectivity index (χ4v) is 3.75. The maximum atomic E-state index is 13.0. The molecule has 7 heteroatoms. The number of hydrogen-bond acceptors (Lipinski definition) is 4. The predicted molar refractivity (Wildman–Crippen MR) is 86.9 cm³/mol. The second-order valence-corrected chi connectivity index (χ2v) is 6.71. The van der Waals surface area contributed by atoms with Crippen molar-refractivity contribution in [3.05, 3.63) is 35.8 Å². The Hall–Kier alpha value is -2.57. The van der Waals surface area contributed by atoms with Gasteiger partial charge in [-0.25, -0.2) is 9.78 Å². The van der Waals surface area contributed by atoms with E-state index in [4.69, 9.17) is 4.74 Å². The van der Waals surface area contributed by atoms with Crippen molar-refractivity contribution in [2.75, 3.05) is 26.7 Å². The highest BCUT2D eigenvalue weighted by atomic mass is 16.6. The van der Waals surface area contributed by atoms with Gasteiger partial charge in [-0.05, 0) is 31.9 Å². The van der Waals surface area contributed by atoms with E-state index in [1.807, 2.05) is 35.7 Å². The fourth-order valence-electron chi connectivity index (χ4n) is 3.75. The summed E-state index contributed by atoms with van der Waals surface area (Å²) in [5.41, 5.74) is 1.48. The Bertz CT molecular complexity index is 830. The Morgan fingerprint density at radius 1 is 1.33 bits per heavy atom. The van der Waals surface area contributed by atoms with E-state index in [-0.39, 0.29) is 12.0 Å². The van der Waals surface area contributed by atoms with Crippen LogP contribution in [0.2, 0.25) is 0 Å². The summed E-state index contributed by atoms with van der Waals surface area (Å²) in [6.45, 7) is 3.51. The van der Waals surface area contributed by atoms with Gasteiger partial charge in [-0.15, -0.1) is 0 Å². The number of carbonyl (C=O) groups excluding carboxylic acids is 2. The summed E-state index contributed by atoms with van der Waals surface area (Å²) in [7, 11) is 1.73. The molecule has 7 nitrogen and oxygen atoms in total. The van der Waals surface area contributed by atoms with E-state index in [9.17, 15) is 9.59 Å². The number of piperidine rings is 1. The van der Waals surface area contributed by atoms with Gasteiger partial charge in [-0.3, -0.25) is 4.79 Å². The van der Waals surface area contributed by atoms with E-state index in [0.717, 1.165) is 24.2 Å². The van der Waals surface area contributed by atoms with Gasteiger partial charge in [0, 0.05) is 19.8 Å². The zero-order valence-corrected chi connectivity index (χ0v) is 13.9. The van der Waals surface area contributed by atoms with E-state index < -0.39 is 5.60 Å². The molecule has 1 unspecified atom stereocenters. The van der Waals surface area contributed by atoms with Gasteiger partial charge in [0.15, 0.2) is 0 Å². The Morgan fingerprint density at radius 3 is 2.88 bits per heavy atom. The number of ether oxygens (including phenoxy) is 1. The number of fused-ring (bicyclic) bond motifs is 1. The minimum absolute atomic E-state index is 0.0964. The molecule has 0 radical (unpaired) electrons. The molecule has 2 aliphatic rings. The molecule has 4 rings (SSSR count). The van der Waals surface area contributed by atoms with Crippen LogP contribution < -0.4 is 0 Å². The van der Waals surface area contributed by atoms with Crippen molar-refractivity contribution in [3.63, 3.8) is 0 Å². The fraction of sp³-hybridized carbons (Fsp3) is 0.471. The van der Waals surface area contributed by atoms with E-state index in [1.165, 1.54) is 0 Å². The van der Waals surface area contributed by atoms with E-state index in [2.05, 4.69) is 4.98 Å². The summed E-state index contributed by atoms with van der Waals surface area (Å²) >= 11 is 0.